The van der Waals surface area contributed by atoms with Crippen LogP contribution in [0.15, 0.2) is 35.2 Å². The van der Waals surface area contributed by atoms with E-state index in [4.69, 9.17) is 0 Å². The second-order valence-corrected chi connectivity index (χ2v) is 4.41. The van der Waals surface area contributed by atoms with Crippen LogP contribution in [0.3, 0.4) is 0 Å². The number of pyridine rings is 1. The topological polar surface area (TPSA) is 42.7 Å². The molecule has 2 aromatic rings. The highest BCUT2D eigenvalue weighted by molar-refractivity contribution is 9.10. The average molecular weight is 281 g/mol. The quantitative estimate of drug-likeness (QED) is 0.934. The lowest BCUT2D eigenvalue weighted by atomic mass is 10.4. The number of nitrogens with one attached hydrogen (secondary N) is 1. The van der Waals surface area contributed by atoms with Crippen LogP contribution in [0.5, 0.6) is 0 Å². The lowest BCUT2D eigenvalue weighted by Crippen LogP contribution is -2.09. The van der Waals surface area contributed by atoms with Crippen molar-refractivity contribution in [2.75, 3.05) is 11.9 Å². The molecule has 0 fully saturated rings. The first-order chi connectivity index (χ1) is 7.75. The minimum absolute atomic E-state index is 0.833. The fourth-order valence-electron chi connectivity index (χ4n) is 1.42. The van der Waals surface area contributed by atoms with Crippen molar-refractivity contribution in [1.82, 2.24) is 14.5 Å². The van der Waals surface area contributed by atoms with E-state index in [0.717, 1.165) is 29.1 Å². The number of anilines is 1. The fourth-order valence-corrected chi connectivity index (χ4v) is 1.65. The Morgan fingerprint density at radius 1 is 1.38 bits per heavy atom. The average Bonchev–Trinajstić information content (AvgIpc) is 2.68. The monoisotopic (exact) mass is 280 g/mol. The zero-order chi connectivity index (χ0) is 11.4. The van der Waals surface area contributed by atoms with Gasteiger partial charge in [-0.15, -0.1) is 0 Å². The summed E-state index contributed by atoms with van der Waals surface area (Å²) in [6, 6.07) is 3.92. The Balaban J connectivity index is 1.84. The molecule has 2 heterocycles. The summed E-state index contributed by atoms with van der Waals surface area (Å²) in [5, 5.41) is 3.25. The maximum Gasteiger partial charge on any atom is 0.125 e. The van der Waals surface area contributed by atoms with Gasteiger partial charge >= 0.3 is 0 Å². The van der Waals surface area contributed by atoms with Gasteiger partial charge in [0.15, 0.2) is 0 Å². The number of aromatic nitrogens is 3. The summed E-state index contributed by atoms with van der Waals surface area (Å²) < 4.78 is 3.01. The molecular formula is C11H13BrN4. The first-order valence-electron chi connectivity index (χ1n) is 5.07. The third-order valence-electron chi connectivity index (χ3n) is 2.30. The normalized spacial score (nSPS) is 10.4. The van der Waals surface area contributed by atoms with Gasteiger partial charge in [0.05, 0.1) is 0 Å². The van der Waals surface area contributed by atoms with Crippen molar-refractivity contribution in [1.29, 1.82) is 0 Å². The number of hydrogen-bond donors (Lipinski definition) is 1. The summed E-state index contributed by atoms with van der Waals surface area (Å²) >= 11 is 3.35. The minimum atomic E-state index is 0.833. The van der Waals surface area contributed by atoms with Gasteiger partial charge in [-0.3, -0.25) is 0 Å². The molecule has 0 bridgehead atoms. The zero-order valence-electron chi connectivity index (χ0n) is 9.02. The SMILES string of the molecule is Cn1ccnc1CCNc1ccc(Br)cn1. The van der Waals surface area contributed by atoms with Crippen molar-refractivity contribution in [2.45, 2.75) is 6.42 Å². The molecule has 0 aliphatic carbocycles. The zero-order valence-corrected chi connectivity index (χ0v) is 10.6. The Morgan fingerprint density at radius 3 is 2.88 bits per heavy atom. The van der Waals surface area contributed by atoms with Gasteiger partial charge in [0.25, 0.3) is 0 Å². The number of rotatable bonds is 4. The Labute approximate surface area is 103 Å². The summed E-state index contributed by atoms with van der Waals surface area (Å²) in [5.74, 6) is 1.96. The molecule has 2 aromatic heterocycles. The van der Waals surface area contributed by atoms with Crippen molar-refractivity contribution in [3.8, 4) is 0 Å². The van der Waals surface area contributed by atoms with Gasteiger partial charge in [-0.2, -0.15) is 0 Å². The number of imidazole rings is 1. The lowest BCUT2D eigenvalue weighted by molar-refractivity contribution is 0.788. The number of hydrogen-bond acceptors (Lipinski definition) is 3. The first kappa shape index (κ1) is 11.1. The molecule has 0 atom stereocenters. The van der Waals surface area contributed by atoms with Crippen LogP contribution >= 0.6 is 15.9 Å². The number of nitrogens with zero attached hydrogens (tertiary/aromatic N) is 3. The van der Waals surface area contributed by atoms with Crippen molar-refractivity contribution >= 4 is 21.7 Å². The molecule has 5 heteroatoms. The van der Waals surface area contributed by atoms with Gasteiger partial charge in [-0.1, -0.05) is 0 Å². The molecule has 1 N–H and O–H groups in total. The molecule has 0 aromatic carbocycles. The van der Waals surface area contributed by atoms with Crippen molar-refractivity contribution in [3.63, 3.8) is 0 Å². The Kier molecular flexibility index (Phi) is 3.56. The molecule has 0 radical (unpaired) electrons. The highest BCUT2D eigenvalue weighted by Gasteiger charge is 1.99. The van der Waals surface area contributed by atoms with Crippen LogP contribution in [0.4, 0.5) is 5.82 Å². The Hall–Kier alpha value is -1.36. The highest BCUT2D eigenvalue weighted by Crippen LogP contribution is 2.10. The molecule has 0 aliphatic heterocycles. The molecule has 0 saturated heterocycles. The standard InChI is InChI=1S/C11H13BrN4/c1-16-7-6-14-11(16)4-5-13-10-3-2-9(12)8-15-10/h2-3,6-8H,4-5H2,1H3,(H,13,15). The Bertz CT molecular complexity index is 449. The van der Waals surface area contributed by atoms with Gasteiger partial charge in [0.1, 0.15) is 11.6 Å². The third kappa shape index (κ3) is 2.82. The number of aryl methyl sites for hydroxylation is 1. The molecule has 84 valence electrons. The molecule has 0 unspecified atom stereocenters. The van der Waals surface area contributed by atoms with E-state index in [-0.39, 0.29) is 0 Å². The summed E-state index contributed by atoms with van der Waals surface area (Å²) in [6.07, 6.45) is 6.44. The molecular weight excluding hydrogens is 268 g/mol. The van der Waals surface area contributed by atoms with E-state index < -0.39 is 0 Å². The Morgan fingerprint density at radius 2 is 2.25 bits per heavy atom. The van der Waals surface area contributed by atoms with E-state index in [1.807, 2.05) is 36.1 Å². The predicted octanol–water partition coefficient (Wildman–Crippen LogP) is 2.23. The van der Waals surface area contributed by atoms with E-state index >= 15 is 0 Å². The smallest absolute Gasteiger partial charge is 0.125 e. The van der Waals surface area contributed by atoms with Crippen LogP contribution < -0.4 is 5.32 Å². The third-order valence-corrected chi connectivity index (χ3v) is 2.77. The van der Waals surface area contributed by atoms with Crippen LogP contribution in [0.25, 0.3) is 0 Å². The summed E-state index contributed by atoms with van der Waals surface area (Å²) in [7, 11) is 2.00. The first-order valence-corrected chi connectivity index (χ1v) is 5.86. The maximum atomic E-state index is 4.26. The van der Waals surface area contributed by atoms with Crippen molar-refractivity contribution in [2.24, 2.45) is 7.05 Å². The van der Waals surface area contributed by atoms with Gasteiger partial charge in [0.2, 0.25) is 0 Å². The van der Waals surface area contributed by atoms with E-state index in [1.165, 1.54) is 0 Å². The summed E-state index contributed by atoms with van der Waals surface area (Å²) in [5.41, 5.74) is 0. The summed E-state index contributed by atoms with van der Waals surface area (Å²) in [6.45, 7) is 0.833. The fraction of sp³-hybridized carbons (Fsp3) is 0.273. The maximum absolute atomic E-state index is 4.26. The number of halogens is 1. The largest absolute Gasteiger partial charge is 0.370 e. The molecule has 0 spiro atoms. The second kappa shape index (κ2) is 5.12. The van der Waals surface area contributed by atoms with E-state index in [9.17, 15) is 0 Å². The van der Waals surface area contributed by atoms with E-state index in [2.05, 4.69) is 31.2 Å². The van der Waals surface area contributed by atoms with E-state index in [0.29, 0.717) is 0 Å². The molecule has 0 saturated carbocycles. The molecule has 0 amide bonds. The lowest BCUT2D eigenvalue weighted by Gasteiger charge is -2.05. The highest BCUT2D eigenvalue weighted by atomic mass is 79.9. The predicted molar refractivity (Wildman–Crippen MR) is 67.3 cm³/mol. The van der Waals surface area contributed by atoms with E-state index in [1.54, 1.807) is 6.20 Å². The van der Waals surface area contributed by atoms with Crippen molar-refractivity contribution < 1.29 is 0 Å². The molecule has 0 aliphatic rings. The van der Waals surface area contributed by atoms with Crippen LogP contribution in [-0.2, 0) is 13.5 Å². The van der Waals surface area contributed by atoms with Crippen LogP contribution in [-0.4, -0.2) is 21.1 Å². The van der Waals surface area contributed by atoms with Gasteiger partial charge < -0.3 is 9.88 Å². The summed E-state index contributed by atoms with van der Waals surface area (Å²) in [4.78, 5) is 8.49. The second-order valence-electron chi connectivity index (χ2n) is 3.49. The molecule has 4 nitrogen and oxygen atoms in total. The van der Waals surface area contributed by atoms with Crippen LogP contribution in [0.2, 0.25) is 0 Å². The minimum Gasteiger partial charge on any atom is -0.370 e. The molecule has 2 rings (SSSR count). The van der Waals surface area contributed by atoms with Gasteiger partial charge in [0, 0.05) is 43.1 Å². The van der Waals surface area contributed by atoms with Crippen molar-refractivity contribution in [3.05, 3.63) is 41.0 Å². The van der Waals surface area contributed by atoms with Crippen LogP contribution in [0.1, 0.15) is 5.82 Å². The van der Waals surface area contributed by atoms with Gasteiger partial charge in [-0.25, -0.2) is 9.97 Å². The molecule has 16 heavy (non-hydrogen) atoms. The van der Waals surface area contributed by atoms with Crippen LogP contribution in [0, 0.1) is 0 Å². The van der Waals surface area contributed by atoms with Gasteiger partial charge in [-0.05, 0) is 28.1 Å².